The zero-order valence-corrected chi connectivity index (χ0v) is 17.9. The van der Waals surface area contributed by atoms with Gasteiger partial charge in [0.05, 0.1) is 0 Å². The molecule has 0 spiro atoms. The van der Waals surface area contributed by atoms with E-state index in [1.165, 1.54) is 11.3 Å². The molecular weight excluding hydrogens is 436 g/mol. The van der Waals surface area contributed by atoms with Gasteiger partial charge in [-0.15, -0.1) is 10.2 Å². The minimum absolute atomic E-state index is 0.196. The lowest BCUT2D eigenvalue weighted by Crippen LogP contribution is -2.34. The van der Waals surface area contributed by atoms with Gasteiger partial charge in [-0.1, -0.05) is 11.3 Å². The molecule has 1 aliphatic rings. The van der Waals surface area contributed by atoms with E-state index in [1.54, 1.807) is 22.7 Å². The van der Waals surface area contributed by atoms with E-state index in [0.717, 1.165) is 27.0 Å². The van der Waals surface area contributed by atoms with Crippen molar-refractivity contribution in [1.82, 2.24) is 25.1 Å². The Kier molecular flexibility index (Phi) is 4.96. The number of fused-ring (bicyclic) bond motifs is 2. The largest absolute Gasteiger partial charge is 0.486 e. The van der Waals surface area contributed by atoms with E-state index in [0.29, 0.717) is 30.3 Å². The molecule has 0 bridgehead atoms. The number of aromatic nitrogens is 4. The molecule has 0 unspecified atom stereocenters. The molecule has 0 aliphatic carbocycles. The van der Waals surface area contributed by atoms with Gasteiger partial charge in [-0.05, 0) is 61.6 Å². The first-order chi connectivity index (χ1) is 15.1. The van der Waals surface area contributed by atoms with Crippen molar-refractivity contribution < 1.29 is 14.3 Å². The summed E-state index contributed by atoms with van der Waals surface area (Å²) in [5.74, 6) is 1.59. The van der Waals surface area contributed by atoms with E-state index in [9.17, 15) is 4.79 Å². The monoisotopic (exact) mass is 452 g/mol. The van der Waals surface area contributed by atoms with Crippen molar-refractivity contribution >= 4 is 45.2 Å². The Morgan fingerprint density at radius 2 is 1.87 bits per heavy atom. The molecule has 0 radical (unpaired) electrons. The number of thiocarbonyl (C=S) groups is 1. The Morgan fingerprint density at radius 3 is 2.65 bits per heavy atom. The summed E-state index contributed by atoms with van der Waals surface area (Å²) in [6.07, 6.45) is 0. The van der Waals surface area contributed by atoms with Gasteiger partial charge in [0, 0.05) is 16.8 Å². The van der Waals surface area contributed by atoms with Gasteiger partial charge in [0.1, 0.15) is 18.2 Å². The van der Waals surface area contributed by atoms with Crippen LogP contribution in [0.3, 0.4) is 0 Å². The number of ether oxygens (including phenoxy) is 2. The number of hydrogen-bond donors (Lipinski definition) is 2. The average molecular weight is 453 g/mol. The zero-order valence-electron chi connectivity index (χ0n) is 16.3. The summed E-state index contributed by atoms with van der Waals surface area (Å²) >= 11 is 6.74. The van der Waals surface area contributed by atoms with Crippen LogP contribution in [-0.4, -0.2) is 44.0 Å². The Hall–Kier alpha value is -3.57. The lowest BCUT2D eigenvalue weighted by molar-refractivity contribution is 0.0976. The molecule has 2 aromatic carbocycles. The molecule has 1 amide bonds. The molecule has 9 nitrogen and oxygen atoms in total. The first-order valence-electron chi connectivity index (χ1n) is 9.38. The van der Waals surface area contributed by atoms with Crippen LogP contribution in [0.15, 0.2) is 42.5 Å². The molecule has 0 fully saturated rings. The van der Waals surface area contributed by atoms with E-state index in [4.69, 9.17) is 21.7 Å². The van der Waals surface area contributed by atoms with Crippen LogP contribution in [0.2, 0.25) is 0 Å². The number of anilines is 1. The van der Waals surface area contributed by atoms with Gasteiger partial charge in [0.25, 0.3) is 5.91 Å². The third kappa shape index (κ3) is 3.92. The van der Waals surface area contributed by atoms with E-state index < -0.39 is 0 Å². The summed E-state index contributed by atoms with van der Waals surface area (Å²) in [5.41, 5.74) is 2.13. The predicted octanol–water partition coefficient (Wildman–Crippen LogP) is 3.06. The highest BCUT2D eigenvalue weighted by Gasteiger charge is 2.16. The fourth-order valence-electron chi connectivity index (χ4n) is 3.05. The number of nitrogens with zero attached hydrogens (tertiary/aromatic N) is 4. The minimum atomic E-state index is -0.332. The van der Waals surface area contributed by atoms with Gasteiger partial charge >= 0.3 is 0 Å². The van der Waals surface area contributed by atoms with Gasteiger partial charge < -0.3 is 14.8 Å². The Morgan fingerprint density at radius 1 is 1.10 bits per heavy atom. The average Bonchev–Trinajstić information content (AvgIpc) is 3.36. The van der Waals surface area contributed by atoms with E-state index in [2.05, 4.69) is 25.9 Å². The van der Waals surface area contributed by atoms with Crippen molar-refractivity contribution in [3.63, 3.8) is 0 Å². The number of amides is 1. The Bertz CT molecular complexity index is 1300. The van der Waals surface area contributed by atoms with Gasteiger partial charge in [-0.3, -0.25) is 10.1 Å². The first-order valence-corrected chi connectivity index (χ1v) is 10.6. The van der Waals surface area contributed by atoms with Crippen molar-refractivity contribution in [2.75, 3.05) is 18.5 Å². The van der Waals surface area contributed by atoms with E-state index in [1.807, 2.05) is 31.2 Å². The summed E-state index contributed by atoms with van der Waals surface area (Å²) in [5, 5.41) is 19.3. The molecule has 4 aromatic rings. The van der Waals surface area contributed by atoms with Crippen molar-refractivity contribution in [1.29, 1.82) is 0 Å². The van der Waals surface area contributed by atoms with Crippen molar-refractivity contribution in [2.45, 2.75) is 6.92 Å². The third-order valence-corrected chi connectivity index (χ3v) is 5.72. The predicted molar refractivity (Wildman–Crippen MR) is 120 cm³/mol. The summed E-state index contributed by atoms with van der Waals surface area (Å²) < 4.78 is 12.7. The molecule has 3 heterocycles. The number of hydrogen-bond acceptors (Lipinski definition) is 8. The highest BCUT2D eigenvalue weighted by atomic mass is 32.1. The smallest absolute Gasteiger partial charge is 0.257 e. The van der Waals surface area contributed by atoms with E-state index in [-0.39, 0.29) is 11.0 Å². The molecule has 156 valence electrons. The second-order valence-electron chi connectivity index (χ2n) is 6.69. The van der Waals surface area contributed by atoms with Crippen molar-refractivity contribution in [2.24, 2.45) is 0 Å². The fourth-order valence-corrected chi connectivity index (χ4v) is 4.15. The van der Waals surface area contributed by atoms with Crippen molar-refractivity contribution in [3.05, 3.63) is 53.9 Å². The molecule has 0 atom stereocenters. The standard InChI is InChI=1S/C20H16N6O3S2/c1-11-23-24-20-26(11)25-18(31-20)12-2-5-14(6-3-12)21-19(30)22-17(27)13-4-7-15-16(10-13)29-9-8-28-15/h2-7,10H,8-9H2,1H3,(H2,21,22,27,30). The van der Waals surface area contributed by atoms with Crippen LogP contribution in [0.5, 0.6) is 11.5 Å². The minimum Gasteiger partial charge on any atom is -0.486 e. The van der Waals surface area contributed by atoms with Gasteiger partial charge in [0.2, 0.25) is 4.96 Å². The molecule has 1 aliphatic heterocycles. The first kappa shape index (κ1) is 19.4. The number of carbonyl (C=O) groups is 1. The lowest BCUT2D eigenvalue weighted by Gasteiger charge is -2.18. The Balaban J connectivity index is 1.23. The topological polar surface area (TPSA) is 103 Å². The van der Waals surface area contributed by atoms with Crippen LogP contribution in [0, 0.1) is 6.92 Å². The molecule has 0 saturated heterocycles. The summed E-state index contributed by atoms with van der Waals surface area (Å²) in [7, 11) is 0. The summed E-state index contributed by atoms with van der Waals surface area (Å²) in [4.78, 5) is 13.3. The second-order valence-corrected chi connectivity index (χ2v) is 8.06. The van der Waals surface area contributed by atoms with Gasteiger partial charge in [0.15, 0.2) is 22.4 Å². The maximum absolute atomic E-state index is 12.5. The second kappa shape index (κ2) is 7.93. The van der Waals surface area contributed by atoms with Crippen LogP contribution in [0.4, 0.5) is 5.69 Å². The van der Waals surface area contributed by atoms with Crippen LogP contribution in [0.25, 0.3) is 15.5 Å². The molecule has 2 N–H and O–H groups in total. The Labute approximate surface area is 186 Å². The fraction of sp³-hybridized carbons (Fsp3) is 0.150. The van der Waals surface area contributed by atoms with Crippen LogP contribution in [-0.2, 0) is 0 Å². The number of carbonyl (C=O) groups excluding carboxylic acids is 1. The molecule has 2 aromatic heterocycles. The summed E-state index contributed by atoms with van der Waals surface area (Å²) in [6.45, 7) is 2.81. The molecule has 31 heavy (non-hydrogen) atoms. The van der Waals surface area contributed by atoms with Crippen molar-refractivity contribution in [3.8, 4) is 22.1 Å². The molecule has 11 heteroatoms. The normalized spacial score (nSPS) is 12.5. The zero-order chi connectivity index (χ0) is 21.4. The number of nitrogens with one attached hydrogen (secondary N) is 2. The maximum atomic E-state index is 12.5. The quantitative estimate of drug-likeness (QED) is 0.457. The molecule has 0 saturated carbocycles. The third-order valence-electron chi connectivity index (χ3n) is 4.57. The molecular formula is C20H16N6O3S2. The van der Waals surface area contributed by atoms with Gasteiger partial charge in [-0.25, -0.2) is 0 Å². The summed E-state index contributed by atoms with van der Waals surface area (Å²) in [6, 6.07) is 12.6. The van der Waals surface area contributed by atoms with Crippen LogP contribution < -0.4 is 20.1 Å². The number of aryl methyl sites for hydroxylation is 1. The maximum Gasteiger partial charge on any atom is 0.257 e. The highest BCUT2D eigenvalue weighted by molar-refractivity contribution is 7.80. The van der Waals surface area contributed by atoms with Gasteiger partial charge in [-0.2, -0.15) is 9.61 Å². The number of rotatable bonds is 3. The SMILES string of the molecule is Cc1nnc2sc(-c3ccc(NC(=S)NC(=O)c4ccc5c(c4)OCCO5)cc3)nn12. The van der Waals surface area contributed by atoms with Crippen LogP contribution in [0.1, 0.15) is 16.2 Å². The molecule has 5 rings (SSSR count). The van der Waals surface area contributed by atoms with Crippen LogP contribution >= 0.6 is 23.6 Å². The van der Waals surface area contributed by atoms with E-state index >= 15 is 0 Å². The highest BCUT2D eigenvalue weighted by Crippen LogP contribution is 2.30. The lowest BCUT2D eigenvalue weighted by atomic mass is 10.2. The number of benzene rings is 2.